The SMILES string of the molecule is C=C(C)N=CC(=CC/C=C(\C)C(C)=O)/C(C)=C\C. The van der Waals surface area contributed by atoms with E-state index in [9.17, 15) is 4.79 Å². The van der Waals surface area contributed by atoms with Gasteiger partial charge in [0.15, 0.2) is 5.78 Å². The van der Waals surface area contributed by atoms with Crippen LogP contribution in [0.5, 0.6) is 0 Å². The Hall–Kier alpha value is -1.70. The normalized spacial score (nSPS) is 14.2. The smallest absolute Gasteiger partial charge is 0.155 e. The molecule has 0 atom stereocenters. The van der Waals surface area contributed by atoms with Crippen molar-refractivity contribution >= 4 is 12.0 Å². The number of nitrogens with zero attached hydrogens (tertiary/aromatic N) is 1. The van der Waals surface area contributed by atoms with Gasteiger partial charge in [-0.2, -0.15) is 0 Å². The third-order valence-electron chi connectivity index (χ3n) is 2.63. The maximum Gasteiger partial charge on any atom is 0.155 e. The highest BCUT2D eigenvalue weighted by atomic mass is 16.1. The quantitative estimate of drug-likeness (QED) is 0.387. The van der Waals surface area contributed by atoms with Gasteiger partial charge in [0.1, 0.15) is 0 Å². The molecule has 2 heteroatoms. The van der Waals surface area contributed by atoms with Gasteiger partial charge in [0, 0.05) is 11.9 Å². The molecule has 0 N–H and O–H groups in total. The summed E-state index contributed by atoms with van der Waals surface area (Å²) in [7, 11) is 0. The van der Waals surface area contributed by atoms with E-state index in [1.165, 1.54) is 0 Å². The second-order valence-electron chi connectivity index (χ2n) is 4.30. The van der Waals surface area contributed by atoms with Crippen LogP contribution in [0.15, 0.2) is 52.2 Å². The fraction of sp³-hybridized carbons (Fsp3) is 0.375. The average molecular weight is 245 g/mol. The Morgan fingerprint density at radius 2 is 1.72 bits per heavy atom. The van der Waals surface area contributed by atoms with Crippen LogP contribution in [0.3, 0.4) is 0 Å². The summed E-state index contributed by atoms with van der Waals surface area (Å²) in [6.07, 6.45) is 8.58. The minimum atomic E-state index is 0.114. The first-order valence-electron chi connectivity index (χ1n) is 6.09. The van der Waals surface area contributed by atoms with Gasteiger partial charge in [-0.1, -0.05) is 24.8 Å². The molecule has 0 fully saturated rings. The minimum Gasteiger partial charge on any atom is -0.295 e. The van der Waals surface area contributed by atoms with Gasteiger partial charge < -0.3 is 0 Å². The first kappa shape index (κ1) is 16.3. The molecule has 0 aliphatic heterocycles. The first-order valence-corrected chi connectivity index (χ1v) is 6.09. The standard InChI is InChI=1S/C16H23NO/c1-7-13(4)16(11-17-12(2)3)10-8-9-14(5)15(6)18/h7,9-11H,2,8H2,1,3-6H3/b13-7-,14-9+,16-10?,17-11?. The molecule has 0 aliphatic rings. The van der Waals surface area contributed by atoms with E-state index in [1.54, 1.807) is 6.92 Å². The molecule has 0 saturated carbocycles. The van der Waals surface area contributed by atoms with E-state index in [1.807, 2.05) is 46.1 Å². The number of allylic oxidation sites excluding steroid dienone is 7. The zero-order valence-electron chi connectivity index (χ0n) is 12.1. The number of carbonyl (C=O) groups excluding carboxylic acids is 1. The van der Waals surface area contributed by atoms with Crippen molar-refractivity contribution in [2.24, 2.45) is 4.99 Å². The molecule has 0 amide bonds. The second kappa shape index (κ2) is 8.40. The average Bonchev–Trinajstić information content (AvgIpc) is 2.31. The minimum absolute atomic E-state index is 0.114. The Morgan fingerprint density at radius 3 is 2.17 bits per heavy atom. The van der Waals surface area contributed by atoms with Crippen LogP contribution in [-0.2, 0) is 4.79 Å². The largest absolute Gasteiger partial charge is 0.295 e. The maximum absolute atomic E-state index is 11.1. The molecular formula is C16H23NO. The Bertz CT molecular complexity index is 434. The zero-order valence-corrected chi connectivity index (χ0v) is 12.1. The molecule has 0 aromatic carbocycles. The molecule has 0 saturated heterocycles. The first-order chi connectivity index (χ1) is 8.38. The molecule has 0 aromatic heterocycles. The molecule has 0 spiro atoms. The summed E-state index contributed by atoms with van der Waals surface area (Å²) in [4.78, 5) is 15.3. The second-order valence-corrected chi connectivity index (χ2v) is 4.30. The Kier molecular flexibility index (Phi) is 7.61. The van der Waals surface area contributed by atoms with Crippen LogP contribution in [-0.4, -0.2) is 12.0 Å². The molecule has 0 bridgehead atoms. The van der Waals surface area contributed by atoms with Gasteiger partial charge in [-0.05, 0) is 57.8 Å². The number of rotatable bonds is 6. The van der Waals surface area contributed by atoms with Crippen LogP contribution in [0.2, 0.25) is 0 Å². The van der Waals surface area contributed by atoms with Crippen molar-refractivity contribution in [2.45, 2.75) is 41.0 Å². The van der Waals surface area contributed by atoms with Crippen molar-refractivity contribution in [3.63, 3.8) is 0 Å². The van der Waals surface area contributed by atoms with Crippen molar-refractivity contribution in [1.82, 2.24) is 0 Å². The van der Waals surface area contributed by atoms with Crippen LogP contribution in [0.4, 0.5) is 0 Å². The van der Waals surface area contributed by atoms with Gasteiger partial charge in [-0.25, -0.2) is 0 Å². The van der Waals surface area contributed by atoms with Gasteiger partial charge in [-0.3, -0.25) is 9.79 Å². The van der Waals surface area contributed by atoms with Crippen LogP contribution < -0.4 is 0 Å². The van der Waals surface area contributed by atoms with Crippen LogP contribution in [0.25, 0.3) is 0 Å². The maximum atomic E-state index is 11.1. The van der Waals surface area contributed by atoms with E-state index in [-0.39, 0.29) is 5.78 Å². The van der Waals surface area contributed by atoms with E-state index in [0.29, 0.717) is 0 Å². The van der Waals surface area contributed by atoms with E-state index < -0.39 is 0 Å². The predicted molar refractivity (Wildman–Crippen MR) is 79.9 cm³/mol. The van der Waals surface area contributed by atoms with Gasteiger partial charge in [0.2, 0.25) is 0 Å². The lowest BCUT2D eigenvalue weighted by molar-refractivity contribution is -0.113. The molecule has 0 radical (unpaired) electrons. The van der Waals surface area contributed by atoms with E-state index in [0.717, 1.165) is 28.8 Å². The number of hydrogen-bond acceptors (Lipinski definition) is 2. The van der Waals surface area contributed by atoms with Crippen molar-refractivity contribution in [1.29, 1.82) is 0 Å². The summed E-state index contributed by atoms with van der Waals surface area (Å²) < 4.78 is 0. The number of hydrogen-bond donors (Lipinski definition) is 0. The van der Waals surface area contributed by atoms with Crippen molar-refractivity contribution in [2.75, 3.05) is 0 Å². The van der Waals surface area contributed by atoms with Crippen molar-refractivity contribution < 1.29 is 4.79 Å². The fourth-order valence-corrected chi connectivity index (χ4v) is 1.17. The predicted octanol–water partition coefficient (Wildman–Crippen LogP) is 4.41. The molecule has 0 unspecified atom stereocenters. The van der Waals surface area contributed by atoms with Gasteiger partial charge in [-0.15, -0.1) is 0 Å². The lowest BCUT2D eigenvalue weighted by atomic mass is 10.1. The van der Waals surface area contributed by atoms with Crippen molar-refractivity contribution in [3.05, 3.63) is 47.2 Å². The van der Waals surface area contributed by atoms with Crippen molar-refractivity contribution in [3.8, 4) is 0 Å². The third-order valence-corrected chi connectivity index (χ3v) is 2.63. The molecule has 98 valence electrons. The Morgan fingerprint density at radius 1 is 1.11 bits per heavy atom. The molecule has 0 rings (SSSR count). The number of ketones is 1. The molecular weight excluding hydrogens is 222 g/mol. The van der Waals surface area contributed by atoms with Crippen LogP contribution in [0, 0.1) is 0 Å². The molecule has 0 aromatic rings. The summed E-state index contributed by atoms with van der Waals surface area (Å²) in [6.45, 7) is 13.1. The molecule has 18 heavy (non-hydrogen) atoms. The van der Waals surface area contributed by atoms with Gasteiger partial charge >= 0.3 is 0 Å². The Labute approximate surface area is 111 Å². The zero-order chi connectivity index (χ0) is 14.1. The fourth-order valence-electron chi connectivity index (χ4n) is 1.17. The number of carbonyl (C=O) groups is 1. The molecule has 0 heterocycles. The third kappa shape index (κ3) is 6.79. The highest BCUT2D eigenvalue weighted by Gasteiger charge is 1.97. The highest BCUT2D eigenvalue weighted by molar-refractivity contribution is 5.92. The van der Waals surface area contributed by atoms with Crippen LogP contribution in [0.1, 0.15) is 41.0 Å². The number of aliphatic imine (C=N–C) groups is 1. The highest BCUT2D eigenvalue weighted by Crippen LogP contribution is 2.10. The Balaban J connectivity index is 4.94. The van der Waals surface area contributed by atoms with Crippen LogP contribution >= 0.6 is 0 Å². The lowest BCUT2D eigenvalue weighted by Gasteiger charge is -2.01. The van der Waals surface area contributed by atoms with Gasteiger partial charge in [0.25, 0.3) is 0 Å². The molecule has 2 nitrogen and oxygen atoms in total. The van der Waals surface area contributed by atoms with Gasteiger partial charge in [0.05, 0.1) is 0 Å². The monoisotopic (exact) mass is 245 g/mol. The summed E-state index contributed by atoms with van der Waals surface area (Å²) >= 11 is 0. The molecule has 0 aliphatic carbocycles. The summed E-state index contributed by atoms with van der Waals surface area (Å²) in [5.41, 5.74) is 3.79. The number of Topliss-reactive ketones (excluding diaryl/α,β-unsaturated/α-hetero) is 1. The topological polar surface area (TPSA) is 29.4 Å². The van der Waals surface area contributed by atoms with E-state index in [4.69, 9.17) is 0 Å². The van der Waals surface area contributed by atoms with E-state index in [2.05, 4.69) is 17.6 Å². The van der Waals surface area contributed by atoms with E-state index >= 15 is 0 Å². The summed E-state index contributed by atoms with van der Waals surface area (Å²) in [6, 6.07) is 0. The summed E-state index contributed by atoms with van der Waals surface area (Å²) in [5.74, 6) is 0.114. The summed E-state index contributed by atoms with van der Waals surface area (Å²) in [5, 5.41) is 0. The lowest BCUT2D eigenvalue weighted by Crippen LogP contribution is -1.91.